The molecule has 0 radical (unpaired) electrons. The number of carbonyl (C=O) groups is 1. The lowest BCUT2D eigenvalue weighted by molar-refractivity contribution is -0.169. The lowest BCUT2D eigenvalue weighted by atomic mass is 10.3. The van der Waals surface area contributed by atoms with Crippen molar-refractivity contribution in [2.24, 2.45) is 0 Å². The molecule has 0 saturated heterocycles. The van der Waals surface area contributed by atoms with Gasteiger partial charge in [0.15, 0.2) is 5.89 Å². The Morgan fingerprint density at radius 3 is 2.79 bits per heavy atom. The molecule has 0 bridgehead atoms. The average molecular weight is 203 g/mol. The van der Waals surface area contributed by atoms with Crippen LogP contribution in [0.2, 0.25) is 0 Å². The van der Waals surface area contributed by atoms with Crippen LogP contribution >= 0.6 is 0 Å². The third-order valence-corrected chi connectivity index (χ3v) is 2.03. The van der Waals surface area contributed by atoms with E-state index in [1.165, 1.54) is 0 Å². The van der Waals surface area contributed by atoms with E-state index in [1.54, 1.807) is 0 Å². The van der Waals surface area contributed by atoms with Crippen LogP contribution in [0.5, 0.6) is 0 Å². The van der Waals surface area contributed by atoms with Crippen molar-refractivity contribution in [2.75, 3.05) is 0 Å². The molecule has 1 N–H and O–H groups in total. The summed E-state index contributed by atoms with van der Waals surface area (Å²) in [6, 6.07) is 0. The summed E-state index contributed by atoms with van der Waals surface area (Å²) >= 11 is 0. The van der Waals surface area contributed by atoms with E-state index in [9.17, 15) is 13.6 Å². The summed E-state index contributed by atoms with van der Waals surface area (Å²) in [5.41, 5.74) is 0. The van der Waals surface area contributed by atoms with Gasteiger partial charge in [-0.15, -0.1) is 0 Å². The summed E-state index contributed by atoms with van der Waals surface area (Å²) < 4.78 is 30.4. The van der Waals surface area contributed by atoms with Crippen LogP contribution in [-0.2, 0) is 10.7 Å². The Balaban J connectivity index is 2.27. The van der Waals surface area contributed by atoms with Crippen molar-refractivity contribution in [3.63, 3.8) is 0 Å². The Morgan fingerprint density at radius 1 is 1.64 bits per heavy atom. The molecule has 6 heteroatoms. The molecule has 0 aromatic carbocycles. The summed E-state index contributed by atoms with van der Waals surface area (Å²) in [5.74, 6) is -6.81. The fraction of sp³-hybridized carbons (Fsp3) is 0.500. The van der Waals surface area contributed by atoms with E-state index >= 15 is 0 Å². The standard InChI is InChI=1S/C8H7F2NO3/c9-8(10,7(12)13)5-3-11-6(14-5)4-1-2-4/h3-4H,1-2H2,(H,12,13). The number of nitrogens with zero attached hydrogens (tertiary/aromatic N) is 1. The molecule has 14 heavy (non-hydrogen) atoms. The smallest absolute Gasteiger partial charge is 0.400 e. The topological polar surface area (TPSA) is 63.3 Å². The Hall–Kier alpha value is -1.46. The first-order valence-electron chi connectivity index (χ1n) is 4.09. The third-order valence-electron chi connectivity index (χ3n) is 2.03. The van der Waals surface area contributed by atoms with E-state index < -0.39 is 17.7 Å². The zero-order valence-electron chi connectivity index (χ0n) is 7.04. The van der Waals surface area contributed by atoms with Gasteiger partial charge in [0.25, 0.3) is 0 Å². The number of carboxylic acids is 1. The molecule has 1 fully saturated rings. The second kappa shape index (κ2) is 2.76. The van der Waals surface area contributed by atoms with Crippen LogP contribution in [0, 0.1) is 0 Å². The Morgan fingerprint density at radius 2 is 2.29 bits per heavy atom. The van der Waals surface area contributed by atoms with Gasteiger partial charge < -0.3 is 9.52 Å². The second-order valence-electron chi connectivity index (χ2n) is 3.22. The maximum Gasteiger partial charge on any atom is 0.400 e. The highest BCUT2D eigenvalue weighted by Gasteiger charge is 2.45. The highest BCUT2D eigenvalue weighted by atomic mass is 19.3. The van der Waals surface area contributed by atoms with Gasteiger partial charge in [0.1, 0.15) is 0 Å². The molecule has 0 unspecified atom stereocenters. The zero-order chi connectivity index (χ0) is 10.3. The third kappa shape index (κ3) is 1.36. The molecule has 1 saturated carbocycles. The fourth-order valence-electron chi connectivity index (χ4n) is 1.06. The van der Waals surface area contributed by atoms with Gasteiger partial charge in [-0.1, -0.05) is 0 Å². The monoisotopic (exact) mass is 203 g/mol. The normalized spacial score (nSPS) is 17.0. The van der Waals surface area contributed by atoms with Crippen molar-refractivity contribution in [3.05, 3.63) is 17.8 Å². The SMILES string of the molecule is O=C(O)C(F)(F)c1cnc(C2CC2)o1. The van der Waals surface area contributed by atoms with E-state index in [4.69, 9.17) is 9.52 Å². The van der Waals surface area contributed by atoms with Crippen molar-refractivity contribution in [1.29, 1.82) is 0 Å². The van der Waals surface area contributed by atoms with E-state index in [2.05, 4.69) is 4.98 Å². The number of carboxylic acid groups (broad SMARTS) is 1. The van der Waals surface area contributed by atoms with Crippen molar-refractivity contribution in [3.8, 4) is 0 Å². The number of hydrogen-bond donors (Lipinski definition) is 1. The quantitative estimate of drug-likeness (QED) is 0.812. The molecule has 76 valence electrons. The van der Waals surface area contributed by atoms with Crippen molar-refractivity contribution in [2.45, 2.75) is 24.7 Å². The van der Waals surface area contributed by atoms with Crippen LogP contribution in [0.3, 0.4) is 0 Å². The van der Waals surface area contributed by atoms with Crippen LogP contribution in [0.1, 0.15) is 30.4 Å². The first-order valence-corrected chi connectivity index (χ1v) is 4.09. The molecular weight excluding hydrogens is 196 g/mol. The molecule has 1 aromatic rings. The largest absolute Gasteiger partial charge is 0.476 e. The molecule has 1 heterocycles. The summed E-state index contributed by atoms with van der Waals surface area (Å²) in [4.78, 5) is 13.8. The van der Waals surface area contributed by atoms with E-state index in [0.29, 0.717) is 0 Å². The van der Waals surface area contributed by atoms with Gasteiger partial charge in [0.05, 0.1) is 6.20 Å². The molecule has 4 nitrogen and oxygen atoms in total. The number of alkyl halides is 2. The minimum atomic E-state index is -3.99. The molecular formula is C8H7F2NO3. The van der Waals surface area contributed by atoms with Gasteiger partial charge in [0.2, 0.25) is 5.76 Å². The van der Waals surface area contributed by atoms with Gasteiger partial charge in [-0.05, 0) is 12.8 Å². The fourth-order valence-corrected chi connectivity index (χ4v) is 1.06. The highest BCUT2D eigenvalue weighted by Crippen LogP contribution is 2.41. The second-order valence-corrected chi connectivity index (χ2v) is 3.22. The number of halogens is 2. The van der Waals surface area contributed by atoms with Crippen molar-refractivity contribution >= 4 is 5.97 Å². The summed E-state index contributed by atoms with van der Waals surface area (Å²) in [5, 5.41) is 8.22. The lowest BCUT2D eigenvalue weighted by Crippen LogP contribution is -2.24. The van der Waals surface area contributed by atoms with Crippen LogP contribution in [0.4, 0.5) is 8.78 Å². The number of rotatable bonds is 3. The van der Waals surface area contributed by atoms with Gasteiger partial charge in [-0.2, -0.15) is 8.78 Å². The number of aromatic nitrogens is 1. The Kier molecular flexibility index (Phi) is 1.80. The zero-order valence-corrected chi connectivity index (χ0v) is 7.04. The average Bonchev–Trinajstić information content (AvgIpc) is 2.83. The summed E-state index contributed by atoms with van der Waals surface area (Å²) in [6.07, 6.45) is 2.50. The van der Waals surface area contributed by atoms with E-state index in [0.717, 1.165) is 19.0 Å². The summed E-state index contributed by atoms with van der Waals surface area (Å²) in [6.45, 7) is 0. The van der Waals surface area contributed by atoms with Gasteiger partial charge in [-0.3, -0.25) is 0 Å². The molecule has 0 spiro atoms. The Labute approximate surface area is 77.6 Å². The first-order chi connectivity index (χ1) is 6.51. The molecule has 2 rings (SSSR count). The number of aliphatic carboxylic acids is 1. The molecule has 1 aromatic heterocycles. The van der Waals surface area contributed by atoms with E-state index in [1.807, 2.05) is 0 Å². The van der Waals surface area contributed by atoms with Crippen molar-refractivity contribution in [1.82, 2.24) is 4.98 Å². The molecule has 0 amide bonds. The first kappa shape index (κ1) is 9.11. The predicted molar refractivity (Wildman–Crippen MR) is 40.0 cm³/mol. The van der Waals surface area contributed by atoms with Crippen LogP contribution < -0.4 is 0 Å². The maximum atomic E-state index is 12.8. The lowest BCUT2D eigenvalue weighted by Gasteiger charge is -2.05. The summed E-state index contributed by atoms with van der Waals surface area (Å²) in [7, 11) is 0. The molecule has 0 atom stereocenters. The van der Waals surface area contributed by atoms with Crippen molar-refractivity contribution < 1.29 is 23.1 Å². The van der Waals surface area contributed by atoms with Gasteiger partial charge in [-0.25, -0.2) is 9.78 Å². The van der Waals surface area contributed by atoms with Gasteiger partial charge in [0, 0.05) is 5.92 Å². The van der Waals surface area contributed by atoms with E-state index in [-0.39, 0.29) is 11.8 Å². The van der Waals surface area contributed by atoms with Crippen LogP contribution in [-0.4, -0.2) is 16.1 Å². The molecule has 0 aliphatic heterocycles. The minimum Gasteiger partial charge on any atom is -0.476 e. The Bertz CT molecular complexity index is 370. The van der Waals surface area contributed by atoms with Gasteiger partial charge >= 0.3 is 11.9 Å². The van der Waals surface area contributed by atoms with Crippen LogP contribution in [0.25, 0.3) is 0 Å². The highest BCUT2D eigenvalue weighted by molar-refractivity contribution is 5.76. The number of oxazole rings is 1. The predicted octanol–water partition coefficient (Wildman–Crippen LogP) is 1.73. The maximum absolute atomic E-state index is 12.8. The minimum absolute atomic E-state index is 0.0911. The molecule has 1 aliphatic carbocycles. The van der Waals surface area contributed by atoms with Crippen LogP contribution in [0.15, 0.2) is 10.6 Å². The molecule has 1 aliphatic rings. The number of hydrogen-bond acceptors (Lipinski definition) is 3.